The molecular weight excluding hydrogens is 392 g/mol. The van der Waals surface area contributed by atoms with Gasteiger partial charge < -0.3 is 33.2 Å². The van der Waals surface area contributed by atoms with Crippen molar-refractivity contribution in [3.63, 3.8) is 0 Å². The minimum Gasteiger partial charge on any atom is -0.465 e. The van der Waals surface area contributed by atoms with Crippen LogP contribution >= 0.6 is 0 Å². The van der Waals surface area contributed by atoms with Gasteiger partial charge in [-0.3, -0.25) is 4.79 Å². The molecule has 0 saturated heterocycles. The molecule has 0 atom stereocenters. The van der Waals surface area contributed by atoms with E-state index in [9.17, 15) is 19.2 Å². The highest BCUT2D eigenvalue weighted by molar-refractivity contribution is 5.66. The van der Waals surface area contributed by atoms with Gasteiger partial charge in [-0.25, -0.2) is 14.4 Å². The van der Waals surface area contributed by atoms with E-state index < -0.39 is 56.3 Å². The zero-order chi connectivity index (χ0) is 22.1. The van der Waals surface area contributed by atoms with Gasteiger partial charge in [0, 0.05) is 6.92 Å². The van der Waals surface area contributed by atoms with E-state index in [1.54, 1.807) is 0 Å². The minimum atomic E-state index is -1.48. The molecule has 0 aliphatic heterocycles. The number of carbonyl (C=O) groups is 4. The Labute approximate surface area is 167 Å². The highest BCUT2D eigenvalue weighted by Gasteiger charge is 2.38. The number of ether oxygens (including phenoxy) is 7. The van der Waals surface area contributed by atoms with Crippen LogP contribution in [0.4, 0.5) is 14.4 Å². The zero-order valence-electron chi connectivity index (χ0n) is 16.1. The van der Waals surface area contributed by atoms with Gasteiger partial charge in [-0.05, 0) is 0 Å². The summed E-state index contributed by atoms with van der Waals surface area (Å²) in [5, 5.41) is 0. The SMILES string of the molecule is C=CCOC(=O)OCC(COC(C)=O)(COC(=O)OC=C)COC(=O)OCC=C. The summed E-state index contributed by atoms with van der Waals surface area (Å²) in [7, 11) is 0. The smallest absolute Gasteiger partial charge is 0.465 e. The molecule has 0 amide bonds. The summed E-state index contributed by atoms with van der Waals surface area (Å²) in [4.78, 5) is 45.9. The van der Waals surface area contributed by atoms with Crippen LogP contribution in [0.15, 0.2) is 38.2 Å². The molecule has 0 aliphatic rings. The van der Waals surface area contributed by atoms with Crippen molar-refractivity contribution in [2.45, 2.75) is 6.92 Å². The maximum Gasteiger partial charge on any atom is 0.513 e. The molecule has 0 aromatic heterocycles. The normalized spacial score (nSPS) is 9.97. The Morgan fingerprint density at radius 3 is 1.48 bits per heavy atom. The van der Waals surface area contributed by atoms with Crippen LogP contribution < -0.4 is 0 Å². The molecule has 0 aromatic carbocycles. The summed E-state index contributed by atoms with van der Waals surface area (Å²) in [6.07, 6.45) is 0.208. The van der Waals surface area contributed by atoms with Crippen LogP contribution in [0, 0.1) is 5.41 Å². The van der Waals surface area contributed by atoms with E-state index in [1.165, 1.54) is 12.2 Å². The van der Waals surface area contributed by atoms with Crippen molar-refractivity contribution in [3.8, 4) is 0 Å². The van der Waals surface area contributed by atoms with E-state index >= 15 is 0 Å². The third-order valence-electron chi connectivity index (χ3n) is 2.89. The lowest BCUT2D eigenvalue weighted by Crippen LogP contribution is -2.44. The summed E-state index contributed by atoms with van der Waals surface area (Å²) in [6.45, 7) is 8.91. The van der Waals surface area contributed by atoms with E-state index in [0.717, 1.165) is 13.2 Å². The summed E-state index contributed by atoms with van der Waals surface area (Å²) in [5.74, 6) is -0.675. The summed E-state index contributed by atoms with van der Waals surface area (Å²) >= 11 is 0. The standard InChI is InChI=1S/C18H24O11/c1-5-8-24-16(21)28-12-18(10-26-14(4)19,11-27-15(20)23-7-3)13-29-17(22)25-9-6-2/h5-7H,1-3,8-13H2,4H3. The molecule has 11 heteroatoms. The molecular formula is C18H24O11. The molecule has 29 heavy (non-hydrogen) atoms. The van der Waals surface area contributed by atoms with Gasteiger partial charge in [0.05, 0.1) is 6.26 Å². The highest BCUT2D eigenvalue weighted by Crippen LogP contribution is 2.22. The predicted molar refractivity (Wildman–Crippen MR) is 96.7 cm³/mol. The van der Waals surface area contributed by atoms with Crippen LogP contribution in [0.25, 0.3) is 0 Å². The molecule has 0 fully saturated rings. The Hall–Kier alpha value is -3.50. The van der Waals surface area contributed by atoms with Gasteiger partial charge in [0.25, 0.3) is 0 Å². The van der Waals surface area contributed by atoms with Crippen molar-refractivity contribution in [1.82, 2.24) is 0 Å². The molecule has 0 saturated carbocycles. The van der Waals surface area contributed by atoms with E-state index in [-0.39, 0.29) is 13.2 Å². The number of carbonyl (C=O) groups excluding carboxylic acids is 4. The summed E-state index contributed by atoms with van der Waals surface area (Å²) in [6, 6.07) is 0. The lowest BCUT2D eigenvalue weighted by Gasteiger charge is -2.30. The first-order chi connectivity index (χ1) is 13.8. The van der Waals surface area contributed by atoms with Gasteiger partial charge in [0.1, 0.15) is 45.1 Å². The molecule has 0 aliphatic carbocycles. The maximum absolute atomic E-state index is 11.6. The fraction of sp³-hybridized carbons (Fsp3) is 0.444. The van der Waals surface area contributed by atoms with Crippen molar-refractivity contribution < 1.29 is 52.3 Å². The Morgan fingerprint density at radius 1 is 0.690 bits per heavy atom. The third kappa shape index (κ3) is 12.5. The average Bonchev–Trinajstić information content (AvgIpc) is 2.69. The second-order valence-corrected chi connectivity index (χ2v) is 5.38. The Kier molecular flexibility index (Phi) is 12.8. The minimum absolute atomic E-state index is 0.109. The van der Waals surface area contributed by atoms with Crippen LogP contribution in [0.2, 0.25) is 0 Å². The third-order valence-corrected chi connectivity index (χ3v) is 2.89. The second-order valence-electron chi connectivity index (χ2n) is 5.38. The average molecular weight is 416 g/mol. The monoisotopic (exact) mass is 416 g/mol. The molecule has 0 heterocycles. The second kappa shape index (κ2) is 14.5. The lowest BCUT2D eigenvalue weighted by molar-refractivity contribution is -0.149. The quantitative estimate of drug-likeness (QED) is 0.190. The van der Waals surface area contributed by atoms with Gasteiger partial charge >= 0.3 is 24.4 Å². The molecule has 0 spiro atoms. The number of rotatable bonds is 13. The number of hydrogen-bond acceptors (Lipinski definition) is 11. The first kappa shape index (κ1) is 25.5. The van der Waals surface area contributed by atoms with Crippen molar-refractivity contribution >= 4 is 24.4 Å². The van der Waals surface area contributed by atoms with E-state index in [1.807, 2.05) is 0 Å². The van der Waals surface area contributed by atoms with Gasteiger partial charge in [-0.2, -0.15) is 0 Å². The first-order valence-corrected chi connectivity index (χ1v) is 8.17. The summed E-state index contributed by atoms with van der Waals surface area (Å²) in [5.41, 5.74) is -1.48. The van der Waals surface area contributed by atoms with Crippen LogP contribution in [0.1, 0.15) is 6.92 Å². The maximum atomic E-state index is 11.6. The van der Waals surface area contributed by atoms with Gasteiger partial charge in [-0.1, -0.05) is 31.9 Å². The van der Waals surface area contributed by atoms with Crippen LogP contribution in [0.5, 0.6) is 0 Å². The number of esters is 1. The van der Waals surface area contributed by atoms with Crippen LogP contribution in [0.3, 0.4) is 0 Å². The fourth-order valence-electron chi connectivity index (χ4n) is 1.58. The highest BCUT2D eigenvalue weighted by atomic mass is 16.7. The van der Waals surface area contributed by atoms with Crippen molar-refractivity contribution in [2.75, 3.05) is 39.6 Å². The molecule has 0 N–H and O–H groups in total. The molecule has 0 aromatic rings. The van der Waals surface area contributed by atoms with Crippen molar-refractivity contribution in [2.24, 2.45) is 5.41 Å². The van der Waals surface area contributed by atoms with E-state index in [0.29, 0.717) is 0 Å². The van der Waals surface area contributed by atoms with E-state index in [4.69, 9.17) is 18.9 Å². The number of hydrogen-bond donors (Lipinski definition) is 0. The van der Waals surface area contributed by atoms with Gasteiger partial charge in [-0.15, -0.1) is 0 Å². The Bertz CT molecular complexity index is 569. The topological polar surface area (TPSA) is 133 Å². The van der Waals surface area contributed by atoms with Gasteiger partial charge in [0.15, 0.2) is 0 Å². The Balaban J connectivity index is 5.31. The molecule has 162 valence electrons. The molecule has 0 bridgehead atoms. The predicted octanol–water partition coefficient (Wildman–Crippen LogP) is 2.51. The van der Waals surface area contributed by atoms with E-state index in [2.05, 4.69) is 33.9 Å². The molecule has 11 nitrogen and oxygen atoms in total. The molecule has 0 unspecified atom stereocenters. The zero-order valence-corrected chi connectivity index (χ0v) is 16.1. The fourth-order valence-corrected chi connectivity index (χ4v) is 1.58. The van der Waals surface area contributed by atoms with Crippen molar-refractivity contribution in [1.29, 1.82) is 0 Å². The molecule has 0 radical (unpaired) electrons. The first-order valence-electron chi connectivity index (χ1n) is 8.17. The lowest BCUT2D eigenvalue weighted by atomic mass is 9.92. The summed E-state index contributed by atoms with van der Waals surface area (Å²) < 4.78 is 33.5. The van der Waals surface area contributed by atoms with Gasteiger partial charge in [0.2, 0.25) is 0 Å². The van der Waals surface area contributed by atoms with Crippen molar-refractivity contribution in [3.05, 3.63) is 38.2 Å². The Morgan fingerprint density at radius 2 is 1.10 bits per heavy atom. The molecule has 0 rings (SSSR count). The van der Waals surface area contributed by atoms with Crippen LogP contribution in [-0.4, -0.2) is 64.1 Å². The largest absolute Gasteiger partial charge is 0.513 e. The van der Waals surface area contributed by atoms with Crippen LogP contribution in [-0.2, 0) is 38.0 Å².